The Labute approximate surface area is 655 Å². The van der Waals surface area contributed by atoms with Crippen molar-refractivity contribution in [3.8, 4) is 0 Å². The Kier molecular flexibility index (Phi) is 27.1. The predicted molar refractivity (Wildman–Crippen MR) is 427 cm³/mol. The van der Waals surface area contributed by atoms with Gasteiger partial charge in [0.1, 0.15) is 45.6 Å². The maximum Gasteiger partial charge on any atom is 0.291 e. The van der Waals surface area contributed by atoms with E-state index in [1.54, 1.807) is 124 Å². The minimum Gasteiger partial charge on any atom is -0.356 e. The standard InChI is InChI=1S/C76H96N26O12/c1-91(2)25-15-19-77-63(103)17-21-81-67(105)55-31-47(39-95(55)7)83-69(107)57-33-49(41-97(57)9)85-73(111)61-37-53(87-71(109)59-35-51(43-99(59)11)89-75(113)65-79-23-29-93(65)5)45-101(61)27-13-14-28-102-46-54(88-72(110)60-36-52(44-100(60)12)90-76(114)66-80-24-30-94(66)6)38-62(102)74(112)86-50-34-58(98(10)42-50)70(108)84-48-32-56(96(8)40-48)68(106)82-22-18-64(104)78-20-16-26-92(3)4/h23-24,29-46H,13-22,25-28H2,1-12H3,(H,77,103)(H,78,104)(H,81,105)(H,82,106)(H,83,107)(H,84,108)(H,85,111)(H,86,112)(H,87,109)(H,88,110)(H,89,113)(H,90,114). The third-order valence-electron chi connectivity index (χ3n) is 18.3. The summed E-state index contributed by atoms with van der Waals surface area (Å²) in [5.74, 6) is -5.57. The smallest absolute Gasteiger partial charge is 0.291 e. The molecule has 0 fully saturated rings. The second-order valence-corrected chi connectivity index (χ2v) is 28.1. The third kappa shape index (κ3) is 21.6. The molecule has 0 bridgehead atoms. The molecule has 10 rings (SSSR count). The summed E-state index contributed by atoms with van der Waals surface area (Å²) in [6.45, 7) is 3.15. The van der Waals surface area contributed by atoms with Crippen LogP contribution >= 0.6 is 0 Å². The van der Waals surface area contributed by atoms with Gasteiger partial charge in [0.2, 0.25) is 11.8 Å². The van der Waals surface area contributed by atoms with Crippen molar-refractivity contribution in [3.05, 3.63) is 180 Å². The number of unbranched alkanes of at least 4 members (excludes halogenated alkanes) is 1. The van der Waals surface area contributed by atoms with Crippen molar-refractivity contribution in [2.24, 2.45) is 56.4 Å². The average Bonchev–Trinajstić information content (AvgIpc) is 1.64. The molecule has 10 aromatic rings. The molecule has 12 amide bonds. The maximum absolute atomic E-state index is 14.6. The van der Waals surface area contributed by atoms with Crippen LogP contribution in [-0.4, -0.2) is 204 Å². The molecule has 602 valence electrons. The zero-order valence-corrected chi connectivity index (χ0v) is 65.6. The first-order chi connectivity index (χ1) is 54.3. The monoisotopic (exact) mass is 1560 g/mol. The molecule has 0 aliphatic heterocycles. The number of imidazole rings is 2. The van der Waals surface area contributed by atoms with Crippen LogP contribution in [0.3, 0.4) is 0 Å². The van der Waals surface area contributed by atoms with Crippen molar-refractivity contribution in [1.82, 2.24) is 86.7 Å². The van der Waals surface area contributed by atoms with Crippen LogP contribution in [0.2, 0.25) is 0 Å². The van der Waals surface area contributed by atoms with Gasteiger partial charge < -0.3 is 119 Å². The van der Waals surface area contributed by atoms with Crippen molar-refractivity contribution in [3.63, 3.8) is 0 Å². The van der Waals surface area contributed by atoms with Crippen LogP contribution in [0.15, 0.2) is 123 Å². The van der Waals surface area contributed by atoms with E-state index in [4.69, 9.17) is 0 Å². The molecule has 0 aliphatic rings. The van der Waals surface area contributed by atoms with E-state index >= 15 is 0 Å². The Morgan fingerprint density at radius 3 is 0.798 bits per heavy atom. The Hall–Kier alpha value is -13.8. The quantitative estimate of drug-likeness (QED) is 0.0236. The molecule has 10 aromatic heterocycles. The topological polar surface area (TPSA) is 431 Å². The molecule has 0 aromatic carbocycles. The molecule has 0 aliphatic carbocycles. The van der Waals surface area contributed by atoms with Gasteiger partial charge in [-0.25, -0.2) is 9.97 Å². The summed E-state index contributed by atoms with van der Waals surface area (Å²) in [6.07, 6.45) is 21.1. The van der Waals surface area contributed by atoms with Crippen molar-refractivity contribution < 1.29 is 57.5 Å². The van der Waals surface area contributed by atoms with E-state index in [1.807, 2.05) is 38.0 Å². The fourth-order valence-corrected chi connectivity index (χ4v) is 12.5. The maximum atomic E-state index is 14.6. The van der Waals surface area contributed by atoms with Crippen LogP contribution in [0.5, 0.6) is 0 Å². The van der Waals surface area contributed by atoms with Gasteiger partial charge in [0.25, 0.3) is 59.1 Å². The highest BCUT2D eigenvalue weighted by Crippen LogP contribution is 2.26. The summed E-state index contributed by atoms with van der Waals surface area (Å²) >= 11 is 0. The first-order valence-corrected chi connectivity index (χ1v) is 36.6. The molecule has 0 saturated carbocycles. The van der Waals surface area contributed by atoms with Crippen LogP contribution in [0.1, 0.15) is 144 Å². The average molecular weight is 1570 g/mol. The molecular weight excluding hydrogens is 1470 g/mol. The molecule has 10 heterocycles. The van der Waals surface area contributed by atoms with E-state index in [0.29, 0.717) is 48.7 Å². The van der Waals surface area contributed by atoms with Gasteiger partial charge in [-0.05, 0) is 115 Å². The number of nitrogens with one attached hydrogen (secondary N) is 12. The van der Waals surface area contributed by atoms with E-state index in [0.717, 1.165) is 25.9 Å². The predicted octanol–water partition coefficient (Wildman–Crippen LogP) is 4.66. The number of aromatic nitrogens is 12. The van der Waals surface area contributed by atoms with E-state index in [1.165, 1.54) is 101 Å². The number of aryl methyl sites for hydroxylation is 10. The molecule has 0 unspecified atom stereocenters. The zero-order valence-electron chi connectivity index (χ0n) is 65.6. The Morgan fingerprint density at radius 2 is 0.535 bits per heavy atom. The zero-order chi connectivity index (χ0) is 82.2. The second-order valence-electron chi connectivity index (χ2n) is 28.1. The normalized spacial score (nSPS) is 11.2. The second kappa shape index (κ2) is 37.3. The van der Waals surface area contributed by atoms with Gasteiger partial charge in [0.15, 0.2) is 11.6 Å². The third-order valence-corrected chi connectivity index (χ3v) is 18.3. The molecule has 38 heteroatoms. The number of carbonyl (C=O) groups excluding carboxylic acids is 12. The van der Waals surface area contributed by atoms with Gasteiger partial charge in [-0.3, -0.25) is 57.5 Å². The van der Waals surface area contributed by atoms with Gasteiger partial charge in [0.05, 0.1) is 45.5 Å². The Balaban J connectivity index is 0.844. The van der Waals surface area contributed by atoms with Gasteiger partial charge in [0, 0.05) is 183 Å². The number of hydrogen-bond acceptors (Lipinski definition) is 16. The lowest BCUT2D eigenvalue weighted by atomic mass is 10.2. The number of rotatable bonds is 37. The van der Waals surface area contributed by atoms with Crippen LogP contribution in [-0.2, 0) is 79.1 Å². The first kappa shape index (κ1) is 82.7. The number of amides is 12. The summed E-state index contributed by atoms with van der Waals surface area (Å²) in [5, 5.41) is 33.8. The first-order valence-electron chi connectivity index (χ1n) is 36.6. The fourth-order valence-electron chi connectivity index (χ4n) is 12.5. The minimum atomic E-state index is -0.630. The van der Waals surface area contributed by atoms with Crippen LogP contribution in [0, 0.1) is 0 Å². The Morgan fingerprint density at radius 1 is 0.289 bits per heavy atom. The minimum absolute atomic E-state index is 0.0789. The van der Waals surface area contributed by atoms with Gasteiger partial charge in [-0.1, -0.05) is 0 Å². The highest BCUT2D eigenvalue weighted by Gasteiger charge is 2.26. The van der Waals surface area contributed by atoms with Crippen molar-refractivity contribution >= 4 is 116 Å². The highest BCUT2D eigenvalue weighted by atomic mass is 16.2. The molecule has 38 nitrogen and oxygen atoms in total. The number of carbonyl (C=O) groups is 12. The van der Waals surface area contributed by atoms with Gasteiger partial charge >= 0.3 is 0 Å². The molecule has 12 N–H and O–H groups in total. The number of anilines is 8. The summed E-state index contributed by atoms with van der Waals surface area (Å²) in [7, 11) is 20.9. The number of nitrogens with zero attached hydrogens (tertiary/aromatic N) is 14. The lowest BCUT2D eigenvalue weighted by Gasteiger charge is -2.11. The molecule has 0 spiro atoms. The number of hydrogen-bond donors (Lipinski definition) is 12. The summed E-state index contributed by atoms with van der Waals surface area (Å²) in [5.41, 5.74) is 3.33. The lowest BCUT2D eigenvalue weighted by Crippen LogP contribution is -2.32. The van der Waals surface area contributed by atoms with Gasteiger partial charge in [-0.15, -0.1) is 0 Å². The van der Waals surface area contributed by atoms with Gasteiger partial charge in [-0.2, -0.15) is 0 Å². The van der Waals surface area contributed by atoms with Crippen molar-refractivity contribution in [2.45, 2.75) is 51.6 Å². The van der Waals surface area contributed by atoms with Crippen LogP contribution in [0.4, 0.5) is 45.5 Å². The van der Waals surface area contributed by atoms with Crippen LogP contribution < -0.4 is 63.8 Å². The molecular formula is C76H96N26O12. The summed E-state index contributed by atoms with van der Waals surface area (Å²) in [6, 6.07) is 11.9. The molecule has 0 atom stereocenters. The van der Waals surface area contributed by atoms with Crippen molar-refractivity contribution in [2.75, 3.05) is 110 Å². The van der Waals surface area contributed by atoms with E-state index in [9.17, 15) is 57.5 Å². The van der Waals surface area contributed by atoms with E-state index < -0.39 is 59.1 Å². The van der Waals surface area contributed by atoms with Crippen molar-refractivity contribution in [1.29, 1.82) is 0 Å². The van der Waals surface area contributed by atoms with E-state index in [2.05, 4.69) is 73.8 Å². The lowest BCUT2D eigenvalue weighted by molar-refractivity contribution is -0.121. The molecule has 0 radical (unpaired) electrons. The van der Waals surface area contributed by atoms with Crippen LogP contribution in [0.25, 0.3) is 0 Å². The fraction of sp³-hybridized carbons (Fsp3) is 0.342. The SMILES string of the molecule is CN(C)CCCNC(=O)CCNC(=O)c1cc(NC(=O)c2cc(NC(=O)c3cc(NC(=O)c4cc(NC(=O)c5nccn5C)cn4C)cn3CCCCn3cc(NC(=O)c4cc(NC(=O)c5nccn5C)cn4C)cc3C(=O)Nc3cc(C(=O)Nc4cc(C(=O)NCCC(=O)NCCCN(C)C)n(C)c4)n(C)c3)cn2C)cn1C. The largest absolute Gasteiger partial charge is 0.356 e. The highest BCUT2D eigenvalue weighted by molar-refractivity contribution is 6.12. The molecule has 114 heavy (non-hydrogen) atoms. The van der Waals surface area contributed by atoms with E-state index in [-0.39, 0.29) is 131 Å². The summed E-state index contributed by atoms with van der Waals surface area (Å²) in [4.78, 5) is 175. The summed E-state index contributed by atoms with van der Waals surface area (Å²) < 4.78 is 15.5. The Bertz CT molecular complexity index is 4920. The molecule has 0 saturated heterocycles.